The second kappa shape index (κ2) is 8.90. The average Bonchev–Trinajstić information content (AvgIpc) is 3.09. The highest BCUT2D eigenvalue weighted by Gasteiger charge is 2.21. The minimum Gasteiger partial charge on any atom is -0.347 e. The first-order valence-electron chi connectivity index (χ1n) is 9.87. The molecular weight excluding hydrogens is 366 g/mol. The fraction of sp³-hybridized carbons (Fsp3) is 0.348. The Morgan fingerprint density at radius 3 is 2.24 bits per heavy atom. The lowest BCUT2D eigenvalue weighted by atomic mass is 10.1. The van der Waals surface area contributed by atoms with Gasteiger partial charge in [-0.3, -0.25) is 14.4 Å². The van der Waals surface area contributed by atoms with Gasteiger partial charge < -0.3 is 15.5 Å². The molecule has 29 heavy (non-hydrogen) atoms. The average molecular weight is 393 g/mol. The molecule has 1 saturated heterocycles. The van der Waals surface area contributed by atoms with Crippen molar-refractivity contribution < 1.29 is 14.4 Å². The molecule has 3 amide bonds. The molecule has 2 aromatic carbocycles. The molecule has 6 heteroatoms. The Labute approximate surface area is 171 Å². The molecule has 0 unspecified atom stereocenters. The summed E-state index contributed by atoms with van der Waals surface area (Å²) >= 11 is 0. The quantitative estimate of drug-likeness (QED) is 0.792. The molecule has 0 aromatic heterocycles. The van der Waals surface area contributed by atoms with Crippen LogP contribution in [0.3, 0.4) is 0 Å². The summed E-state index contributed by atoms with van der Waals surface area (Å²) in [4.78, 5) is 38.0. The summed E-state index contributed by atoms with van der Waals surface area (Å²) in [6.07, 6.45) is 1.66. The SMILES string of the molecule is Cc1cc(C)c(NC(=O)CNC(=O)Cc2ccc(N3CCCC3=O)cc2)c(C)c1. The number of anilines is 2. The number of nitrogens with zero attached hydrogens (tertiary/aromatic N) is 1. The van der Waals surface area contributed by atoms with Crippen LogP contribution in [-0.2, 0) is 20.8 Å². The van der Waals surface area contributed by atoms with E-state index in [0.29, 0.717) is 6.42 Å². The largest absolute Gasteiger partial charge is 0.347 e. The summed E-state index contributed by atoms with van der Waals surface area (Å²) in [6.45, 7) is 6.59. The van der Waals surface area contributed by atoms with E-state index in [1.807, 2.05) is 57.2 Å². The van der Waals surface area contributed by atoms with Crippen molar-refractivity contribution in [2.45, 2.75) is 40.0 Å². The van der Waals surface area contributed by atoms with Crippen molar-refractivity contribution in [1.82, 2.24) is 5.32 Å². The molecule has 0 saturated carbocycles. The maximum Gasteiger partial charge on any atom is 0.243 e. The summed E-state index contributed by atoms with van der Waals surface area (Å²) < 4.78 is 0. The maximum absolute atomic E-state index is 12.2. The van der Waals surface area contributed by atoms with Gasteiger partial charge in [-0.05, 0) is 56.0 Å². The van der Waals surface area contributed by atoms with E-state index in [9.17, 15) is 14.4 Å². The molecule has 0 bridgehead atoms. The number of nitrogens with one attached hydrogen (secondary N) is 2. The molecule has 2 aromatic rings. The predicted octanol–water partition coefficient (Wildman–Crippen LogP) is 3.04. The number of carbonyl (C=O) groups is 3. The van der Waals surface area contributed by atoms with Gasteiger partial charge in [0.15, 0.2) is 0 Å². The number of hydrogen-bond donors (Lipinski definition) is 2. The third-order valence-corrected chi connectivity index (χ3v) is 5.07. The Kier molecular flexibility index (Phi) is 6.32. The third kappa shape index (κ3) is 5.22. The van der Waals surface area contributed by atoms with E-state index in [-0.39, 0.29) is 30.7 Å². The van der Waals surface area contributed by atoms with Crippen LogP contribution in [0.15, 0.2) is 36.4 Å². The zero-order chi connectivity index (χ0) is 21.0. The Balaban J connectivity index is 1.49. The summed E-state index contributed by atoms with van der Waals surface area (Å²) in [5.74, 6) is -0.334. The van der Waals surface area contributed by atoms with Gasteiger partial charge in [0.1, 0.15) is 0 Å². The fourth-order valence-corrected chi connectivity index (χ4v) is 3.70. The second-order valence-electron chi connectivity index (χ2n) is 7.59. The fourth-order valence-electron chi connectivity index (χ4n) is 3.70. The van der Waals surface area contributed by atoms with Gasteiger partial charge in [0, 0.05) is 24.3 Å². The van der Waals surface area contributed by atoms with Crippen LogP contribution >= 0.6 is 0 Å². The highest BCUT2D eigenvalue weighted by atomic mass is 16.2. The zero-order valence-electron chi connectivity index (χ0n) is 17.2. The first kappa shape index (κ1) is 20.6. The molecule has 6 nitrogen and oxygen atoms in total. The number of amides is 3. The normalized spacial score (nSPS) is 13.5. The molecule has 152 valence electrons. The van der Waals surface area contributed by atoms with Crippen molar-refractivity contribution in [3.8, 4) is 0 Å². The molecule has 0 spiro atoms. The van der Waals surface area contributed by atoms with Gasteiger partial charge in [-0.25, -0.2) is 0 Å². The van der Waals surface area contributed by atoms with Crippen molar-refractivity contribution in [3.63, 3.8) is 0 Å². The van der Waals surface area contributed by atoms with Crippen LogP contribution in [0.25, 0.3) is 0 Å². The van der Waals surface area contributed by atoms with Crippen LogP contribution in [0, 0.1) is 20.8 Å². The Hall–Kier alpha value is -3.15. The first-order valence-corrected chi connectivity index (χ1v) is 9.87. The molecule has 3 rings (SSSR count). The lowest BCUT2D eigenvalue weighted by Gasteiger charge is -2.16. The monoisotopic (exact) mass is 393 g/mol. The molecular formula is C23H27N3O3. The van der Waals surface area contributed by atoms with Gasteiger partial charge in [-0.15, -0.1) is 0 Å². The Morgan fingerprint density at radius 1 is 1.00 bits per heavy atom. The third-order valence-electron chi connectivity index (χ3n) is 5.07. The van der Waals surface area contributed by atoms with Crippen molar-refractivity contribution in [3.05, 3.63) is 58.7 Å². The van der Waals surface area contributed by atoms with E-state index in [1.54, 1.807) is 4.90 Å². The molecule has 1 aliphatic rings. The molecule has 0 radical (unpaired) electrons. The second-order valence-corrected chi connectivity index (χ2v) is 7.59. The van der Waals surface area contributed by atoms with Crippen molar-refractivity contribution in [2.24, 2.45) is 0 Å². The number of hydrogen-bond acceptors (Lipinski definition) is 3. The number of carbonyl (C=O) groups excluding carboxylic acids is 3. The van der Waals surface area contributed by atoms with Gasteiger partial charge in [0.05, 0.1) is 13.0 Å². The standard InChI is InChI=1S/C23H27N3O3/c1-15-11-16(2)23(17(3)12-15)25-21(28)14-24-20(27)13-18-6-8-19(9-7-18)26-10-4-5-22(26)29/h6-9,11-12H,4-5,10,13-14H2,1-3H3,(H,24,27)(H,25,28). The van der Waals surface area contributed by atoms with Crippen LogP contribution in [0.1, 0.15) is 35.1 Å². The van der Waals surface area contributed by atoms with Crippen LogP contribution in [0.2, 0.25) is 0 Å². The van der Waals surface area contributed by atoms with Gasteiger partial charge >= 0.3 is 0 Å². The molecule has 1 fully saturated rings. The highest BCUT2D eigenvalue weighted by molar-refractivity contribution is 5.96. The summed E-state index contributed by atoms with van der Waals surface area (Å²) in [5.41, 5.74) is 5.63. The van der Waals surface area contributed by atoms with Gasteiger partial charge in [0.25, 0.3) is 0 Å². The van der Waals surface area contributed by atoms with Crippen LogP contribution in [-0.4, -0.2) is 30.8 Å². The summed E-state index contributed by atoms with van der Waals surface area (Å²) in [7, 11) is 0. The van der Waals surface area contributed by atoms with E-state index in [2.05, 4.69) is 10.6 Å². The topological polar surface area (TPSA) is 78.5 Å². The molecule has 2 N–H and O–H groups in total. The maximum atomic E-state index is 12.2. The van der Waals surface area contributed by atoms with Gasteiger partial charge in [-0.2, -0.15) is 0 Å². The smallest absolute Gasteiger partial charge is 0.243 e. The minimum atomic E-state index is -0.253. The summed E-state index contributed by atoms with van der Waals surface area (Å²) in [5, 5.41) is 5.54. The Morgan fingerprint density at radius 2 is 1.66 bits per heavy atom. The predicted molar refractivity (Wildman–Crippen MR) is 114 cm³/mol. The van der Waals surface area contributed by atoms with Crippen molar-refractivity contribution in [1.29, 1.82) is 0 Å². The Bertz CT molecular complexity index is 912. The lowest BCUT2D eigenvalue weighted by molar-refractivity contribution is -0.123. The molecule has 0 aliphatic carbocycles. The molecule has 0 atom stereocenters. The summed E-state index contributed by atoms with van der Waals surface area (Å²) in [6, 6.07) is 11.4. The van der Waals surface area contributed by atoms with Crippen LogP contribution < -0.4 is 15.5 Å². The number of benzene rings is 2. The van der Waals surface area contributed by atoms with Gasteiger partial charge in [0.2, 0.25) is 17.7 Å². The van der Waals surface area contributed by atoms with Crippen molar-refractivity contribution >= 4 is 29.1 Å². The minimum absolute atomic E-state index is 0.0774. The van der Waals surface area contributed by atoms with E-state index in [1.165, 1.54) is 0 Å². The van der Waals surface area contributed by atoms with E-state index in [4.69, 9.17) is 0 Å². The molecule has 1 aliphatic heterocycles. The van der Waals surface area contributed by atoms with E-state index < -0.39 is 0 Å². The number of rotatable bonds is 6. The zero-order valence-corrected chi connectivity index (χ0v) is 17.2. The lowest BCUT2D eigenvalue weighted by Crippen LogP contribution is -2.34. The first-order chi connectivity index (χ1) is 13.8. The van der Waals surface area contributed by atoms with E-state index in [0.717, 1.165) is 46.6 Å². The molecule has 1 heterocycles. The van der Waals surface area contributed by atoms with Crippen molar-refractivity contribution in [2.75, 3.05) is 23.3 Å². The van der Waals surface area contributed by atoms with Crippen LogP contribution in [0.5, 0.6) is 0 Å². The highest BCUT2D eigenvalue weighted by Crippen LogP contribution is 2.22. The van der Waals surface area contributed by atoms with Gasteiger partial charge in [-0.1, -0.05) is 29.8 Å². The van der Waals surface area contributed by atoms with E-state index >= 15 is 0 Å². The van der Waals surface area contributed by atoms with Crippen LogP contribution in [0.4, 0.5) is 11.4 Å². The number of aryl methyl sites for hydroxylation is 3.